The minimum absolute atomic E-state index is 0.181. The summed E-state index contributed by atoms with van der Waals surface area (Å²) in [5.41, 5.74) is 7.78. The molecule has 2 aromatic rings. The van der Waals surface area contributed by atoms with Crippen LogP contribution in [0.3, 0.4) is 0 Å². The van der Waals surface area contributed by atoms with Gasteiger partial charge in [-0.3, -0.25) is 9.78 Å². The summed E-state index contributed by atoms with van der Waals surface area (Å²) in [5.74, 6) is -0.181. The Hall–Kier alpha value is -2.20. The van der Waals surface area contributed by atoms with Crippen LogP contribution >= 0.6 is 0 Å². The molecule has 0 fully saturated rings. The van der Waals surface area contributed by atoms with E-state index in [9.17, 15) is 4.79 Å². The lowest BCUT2D eigenvalue weighted by molar-refractivity contribution is 0.102. The van der Waals surface area contributed by atoms with Crippen molar-refractivity contribution in [3.8, 4) is 0 Å². The van der Waals surface area contributed by atoms with Crippen LogP contribution in [0, 0.1) is 0 Å². The first kappa shape index (κ1) is 11.3. The molecule has 0 unspecified atom stereocenters. The Morgan fingerprint density at radius 2 is 2.06 bits per heavy atom. The highest BCUT2D eigenvalue weighted by Crippen LogP contribution is 2.15. The number of nitrogens with two attached hydrogens (primary N) is 1. The van der Waals surface area contributed by atoms with Gasteiger partial charge in [0.05, 0.1) is 5.56 Å². The van der Waals surface area contributed by atoms with Crippen LogP contribution in [-0.4, -0.2) is 10.9 Å². The molecule has 1 heterocycles. The molecule has 0 bridgehead atoms. The van der Waals surface area contributed by atoms with E-state index < -0.39 is 0 Å². The topological polar surface area (TPSA) is 68.0 Å². The molecule has 4 heteroatoms. The van der Waals surface area contributed by atoms with E-state index in [1.165, 1.54) is 6.20 Å². The van der Waals surface area contributed by atoms with E-state index in [0.717, 1.165) is 11.3 Å². The predicted octanol–water partition coefficient (Wildman–Crippen LogP) is 1.79. The molecule has 3 N–H and O–H groups in total. The number of para-hydroxylation sites is 1. The van der Waals surface area contributed by atoms with E-state index in [4.69, 9.17) is 5.73 Å². The molecule has 0 radical (unpaired) electrons. The van der Waals surface area contributed by atoms with Gasteiger partial charge in [-0.05, 0) is 23.8 Å². The van der Waals surface area contributed by atoms with Crippen molar-refractivity contribution >= 4 is 11.6 Å². The number of rotatable bonds is 3. The van der Waals surface area contributed by atoms with Gasteiger partial charge in [-0.2, -0.15) is 0 Å². The Bertz CT molecular complexity index is 511. The highest BCUT2D eigenvalue weighted by molar-refractivity contribution is 6.04. The number of anilines is 1. The quantitative estimate of drug-likeness (QED) is 0.840. The average Bonchev–Trinajstić information content (AvgIpc) is 2.40. The monoisotopic (exact) mass is 227 g/mol. The Morgan fingerprint density at radius 3 is 2.76 bits per heavy atom. The summed E-state index contributed by atoms with van der Waals surface area (Å²) in [6, 6.07) is 10.9. The fraction of sp³-hybridized carbons (Fsp3) is 0.0769. The van der Waals surface area contributed by atoms with Crippen LogP contribution in [0.25, 0.3) is 0 Å². The van der Waals surface area contributed by atoms with Crippen LogP contribution in [-0.2, 0) is 6.54 Å². The zero-order valence-electron chi connectivity index (χ0n) is 9.26. The number of pyridine rings is 1. The van der Waals surface area contributed by atoms with Crippen molar-refractivity contribution in [3.05, 3.63) is 59.9 Å². The fourth-order valence-corrected chi connectivity index (χ4v) is 1.51. The third-order valence-electron chi connectivity index (χ3n) is 2.41. The zero-order valence-corrected chi connectivity index (χ0v) is 9.26. The van der Waals surface area contributed by atoms with E-state index in [2.05, 4.69) is 10.3 Å². The number of hydrogen-bond acceptors (Lipinski definition) is 3. The summed E-state index contributed by atoms with van der Waals surface area (Å²) in [6.45, 7) is 0.392. The molecule has 1 aromatic heterocycles. The van der Waals surface area contributed by atoms with Crippen LogP contribution < -0.4 is 11.1 Å². The maximum Gasteiger partial charge on any atom is 0.257 e. The second-order valence-electron chi connectivity index (χ2n) is 3.56. The van der Waals surface area contributed by atoms with Gasteiger partial charge in [0.2, 0.25) is 0 Å². The minimum atomic E-state index is -0.181. The van der Waals surface area contributed by atoms with Crippen molar-refractivity contribution in [1.82, 2.24) is 4.98 Å². The predicted molar refractivity (Wildman–Crippen MR) is 66.5 cm³/mol. The lowest BCUT2D eigenvalue weighted by Crippen LogP contribution is -2.14. The first-order valence-corrected chi connectivity index (χ1v) is 5.30. The maximum absolute atomic E-state index is 11.9. The number of carbonyl (C=O) groups is 1. The fourth-order valence-electron chi connectivity index (χ4n) is 1.51. The molecule has 2 rings (SSSR count). The molecule has 1 amide bonds. The normalized spacial score (nSPS) is 9.94. The van der Waals surface area contributed by atoms with Crippen molar-refractivity contribution in [2.24, 2.45) is 5.73 Å². The van der Waals surface area contributed by atoms with Gasteiger partial charge >= 0.3 is 0 Å². The number of nitrogens with zero attached hydrogens (tertiary/aromatic N) is 1. The van der Waals surface area contributed by atoms with E-state index >= 15 is 0 Å². The van der Waals surface area contributed by atoms with Crippen LogP contribution in [0.2, 0.25) is 0 Å². The van der Waals surface area contributed by atoms with Gasteiger partial charge < -0.3 is 11.1 Å². The van der Waals surface area contributed by atoms with Crippen molar-refractivity contribution in [2.75, 3.05) is 5.32 Å². The molecule has 0 atom stereocenters. The van der Waals surface area contributed by atoms with Crippen molar-refractivity contribution in [2.45, 2.75) is 6.54 Å². The van der Waals surface area contributed by atoms with E-state index in [1.54, 1.807) is 18.3 Å². The Kier molecular flexibility index (Phi) is 3.47. The SMILES string of the molecule is NCc1ccccc1NC(=O)c1cccnc1. The van der Waals surface area contributed by atoms with Gasteiger partial charge in [0.1, 0.15) is 0 Å². The molecule has 17 heavy (non-hydrogen) atoms. The van der Waals surface area contributed by atoms with E-state index in [1.807, 2.05) is 24.3 Å². The highest BCUT2D eigenvalue weighted by Gasteiger charge is 2.07. The van der Waals surface area contributed by atoms with Gasteiger partial charge in [0, 0.05) is 24.6 Å². The maximum atomic E-state index is 11.9. The smallest absolute Gasteiger partial charge is 0.257 e. The lowest BCUT2D eigenvalue weighted by atomic mass is 10.1. The number of hydrogen-bond donors (Lipinski definition) is 2. The number of nitrogens with one attached hydrogen (secondary N) is 1. The third-order valence-corrected chi connectivity index (χ3v) is 2.41. The molecule has 0 saturated heterocycles. The first-order chi connectivity index (χ1) is 8.31. The molecule has 1 aromatic carbocycles. The molecular weight excluding hydrogens is 214 g/mol. The van der Waals surface area contributed by atoms with Crippen LogP contribution in [0.15, 0.2) is 48.8 Å². The summed E-state index contributed by atoms with van der Waals surface area (Å²) >= 11 is 0. The van der Waals surface area contributed by atoms with Crippen LogP contribution in [0.5, 0.6) is 0 Å². The summed E-state index contributed by atoms with van der Waals surface area (Å²) in [6.07, 6.45) is 3.16. The van der Waals surface area contributed by atoms with Gasteiger partial charge in [-0.1, -0.05) is 18.2 Å². The molecule has 86 valence electrons. The summed E-state index contributed by atoms with van der Waals surface area (Å²) in [5, 5.41) is 2.82. The molecule has 0 saturated carbocycles. The Balaban J connectivity index is 2.19. The van der Waals surface area contributed by atoms with Crippen LogP contribution in [0.1, 0.15) is 15.9 Å². The van der Waals surface area contributed by atoms with Crippen molar-refractivity contribution in [1.29, 1.82) is 0 Å². The zero-order chi connectivity index (χ0) is 12.1. The Morgan fingerprint density at radius 1 is 1.24 bits per heavy atom. The largest absolute Gasteiger partial charge is 0.326 e. The summed E-state index contributed by atoms with van der Waals surface area (Å²) in [7, 11) is 0. The van der Waals surface area contributed by atoms with E-state index in [-0.39, 0.29) is 5.91 Å². The van der Waals surface area contributed by atoms with Gasteiger partial charge in [-0.15, -0.1) is 0 Å². The van der Waals surface area contributed by atoms with Gasteiger partial charge in [0.15, 0.2) is 0 Å². The Labute approximate surface area is 99.5 Å². The van der Waals surface area contributed by atoms with Gasteiger partial charge in [0.25, 0.3) is 5.91 Å². The number of amides is 1. The third kappa shape index (κ3) is 2.68. The molecule has 4 nitrogen and oxygen atoms in total. The average molecular weight is 227 g/mol. The van der Waals surface area contributed by atoms with Crippen LogP contribution in [0.4, 0.5) is 5.69 Å². The van der Waals surface area contributed by atoms with E-state index in [0.29, 0.717) is 12.1 Å². The summed E-state index contributed by atoms with van der Waals surface area (Å²) in [4.78, 5) is 15.8. The van der Waals surface area contributed by atoms with Crippen molar-refractivity contribution < 1.29 is 4.79 Å². The standard InChI is InChI=1S/C13H13N3O/c14-8-10-4-1-2-6-12(10)16-13(17)11-5-3-7-15-9-11/h1-7,9H,8,14H2,(H,16,17). The number of aromatic nitrogens is 1. The highest BCUT2D eigenvalue weighted by atomic mass is 16.1. The lowest BCUT2D eigenvalue weighted by Gasteiger charge is -2.09. The molecule has 0 spiro atoms. The number of carbonyl (C=O) groups excluding carboxylic acids is 1. The molecule has 0 aliphatic rings. The minimum Gasteiger partial charge on any atom is -0.326 e. The second kappa shape index (κ2) is 5.23. The molecule has 0 aliphatic heterocycles. The second-order valence-corrected chi connectivity index (χ2v) is 3.56. The molecule has 0 aliphatic carbocycles. The molecular formula is C13H13N3O. The first-order valence-electron chi connectivity index (χ1n) is 5.30. The van der Waals surface area contributed by atoms with Crippen molar-refractivity contribution in [3.63, 3.8) is 0 Å². The summed E-state index contributed by atoms with van der Waals surface area (Å²) < 4.78 is 0. The van der Waals surface area contributed by atoms with Gasteiger partial charge in [-0.25, -0.2) is 0 Å². The number of benzene rings is 1.